The Balaban J connectivity index is 1.95. The van der Waals surface area contributed by atoms with Crippen LogP contribution in [0.3, 0.4) is 0 Å². The van der Waals surface area contributed by atoms with Gasteiger partial charge in [0.25, 0.3) is 0 Å². The number of aryl methyl sites for hydroxylation is 2. The monoisotopic (exact) mass is 386 g/mol. The van der Waals surface area contributed by atoms with Crippen molar-refractivity contribution in [1.82, 2.24) is 0 Å². The van der Waals surface area contributed by atoms with Gasteiger partial charge in [0.1, 0.15) is 11.6 Å². The zero-order valence-corrected chi connectivity index (χ0v) is 16.6. The Morgan fingerprint density at radius 1 is 1.26 bits per heavy atom. The van der Waals surface area contributed by atoms with Gasteiger partial charge in [-0.1, -0.05) is 23.9 Å². The maximum Gasteiger partial charge on any atom is 0.185 e. The van der Waals surface area contributed by atoms with Crippen molar-refractivity contribution in [3.8, 4) is 5.75 Å². The van der Waals surface area contributed by atoms with Crippen LogP contribution in [0.5, 0.6) is 5.75 Å². The highest BCUT2D eigenvalue weighted by atomic mass is 32.2. The predicted octanol–water partition coefficient (Wildman–Crippen LogP) is 4.63. The molecule has 1 heterocycles. The largest absolute Gasteiger partial charge is 0.497 e. The normalized spacial score (nSPS) is 13.9. The van der Waals surface area contributed by atoms with Gasteiger partial charge in [0.05, 0.1) is 19.2 Å². The molecule has 27 heavy (non-hydrogen) atoms. The number of amidine groups is 1. The van der Waals surface area contributed by atoms with Gasteiger partial charge in [0.2, 0.25) is 0 Å². The number of hydrogen-bond acceptors (Lipinski definition) is 5. The summed E-state index contributed by atoms with van der Waals surface area (Å²) in [6.45, 7) is 4.81. The molecule has 0 spiro atoms. The molecule has 0 N–H and O–H groups in total. The fourth-order valence-corrected chi connectivity index (χ4v) is 3.91. The lowest BCUT2D eigenvalue weighted by Gasteiger charge is -2.28. The molecule has 3 rings (SSSR count). The van der Waals surface area contributed by atoms with Crippen molar-refractivity contribution in [3.05, 3.63) is 58.9 Å². The Bertz CT molecular complexity index is 882. The highest BCUT2D eigenvalue weighted by molar-refractivity contribution is 8.14. The van der Waals surface area contributed by atoms with E-state index in [-0.39, 0.29) is 17.9 Å². The van der Waals surface area contributed by atoms with Crippen LogP contribution in [0.2, 0.25) is 0 Å². The Labute approximate surface area is 163 Å². The van der Waals surface area contributed by atoms with Crippen LogP contribution >= 0.6 is 11.8 Å². The van der Waals surface area contributed by atoms with E-state index >= 15 is 0 Å². The minimum Gasteiger partial charge on any atom is -0.497 e. The summed E-state index contributed by atoms with van der Waals surface area (Å²) >= 11 is 1.64. The van der Waals surface area contributed by atoms with Crippen molar-refractivity contribution in [2.24, 2.45) is 4.99 Å². The van der Waals surface area contributed by atoms with Crippen LogP contribution in [0.1, 0.15) is 27.9 Å². The molecule has 0 amide bonds. The van der Waals surface area contributed by atoms with Gasteiger partial charge < -0.3 is 9.64 Å². The third-order valence-electron chi connectivity index (χ3n) is 4.45. The minimum atomic E-state index is -0.571. The van der Waals surface area contributed by atoms with Gasteiger partial charge in [0.15, 0.2) is 11.0 Å². The highest BCUT2D eigenvalue weighted by Crippen LogP contribution is 2.28. The fraction of sp³-hybridized carbons (Fsp3) is 0.333. The molecule has 0 radical (unpaired) electrons. The van der Waals surface area contributed by atoms with E-state index in [1.54, 1.807) is 17.8 Å². The summed E-state index contributed by atoms with van der Waals surface area (Å²) in [5.41, 5.74) is 3.15. The summed E-state index contributed by atoms with van der Waals surface area (Å²) in [6, 6.07) is 10.4. The lowest BCUT2D eigenvalue weighted by Crippen LogP contribution is -2.36. The number of anilines is 1. The number of nitrogens with zero attached hydrogens (tertiary/aromatic N) is 2. The van der Waals surface area contributed by atoms with E-state index in [1.165, 1.54) is 19.2 Å². The molecule has 0 unspecified atom stereocenters. The van der Waals surface area contributed by atoms with Crippen molar-refractivity contribution in [2.45, 2.75) is 20.3 Å². The predicted molar refractivity (Wildman–Crippen MR) is 110 cm³/mol. The summed E-state index contributed by atoms with van der Waals surface area (Å²) in [5.74, 6) is 0.497. The Kier molecular flexibility index (Phi) is 6.16. The molecule has 2 aromatic rings. The van der Waals surface area contributed by atoms with E-state index in [2.05, 4.69) is 4.99 Å². The number of carbonyl (C=O) groups excluding carboxylic acids is 1. The smallest absolute Gasteiger partial charge is 0.185 e. The number of thioether (sulfide) groups is 1. The number of carbonyl (C=O) groups is 1. The maximum atomic E-state index is 14.4. The number of benzene rings is 2. The summed E-state index contributed by atoms with van der Waals surface area (Å²) in [7, 11) is 1.47. The van der Waals surface area contributed by atoms with Crippen LogP contribution in [0.25, 0.3) is 0 Å². The van der Waals surface area contributed by atoms with E-state index in [4.69, 9.17) is 4.74 Å². The van der Waals surface area contributed by atoms with Crippen molar-refractivity contribution >= 4 is 28.4 Å². The molecule has 1 aliphatic heterocycles. The van der Waals surface area contributed by atoms with Gasteiger partial charge in [-0.15, -0.1) is 0 Å². The zero-order chi connectivity index (χ0) is 19.4. The van der Waals surface area contributed by atoms with E-state index in [9.17, 15) is 9.18 Å². The first-order valence-electron chi connectivity index (χ1n) is 8.88. The maximum absolute atomic E-state index is 14.4. The van der Waals surface area contributed by atoms with Gasteiger partial charge in [-0.2, -0.15) is 0 Å². The third-order valence-corrected chi connectivity index (χ3v) is 5.55. The molecule has 0 bridgehead atoms. The number of aliphatic imine (C=N–C) groups is 1. The molecule has 1 aliphatic rings. The molecule has 0 fully saturated rings. The van der Waals surface area contributed by atoms with Gasteiger partial charge in [-0.3, -0.25) is 9.79 Å². The number of Topliss-reactive ketones (excluding diaryl/α,β-unsaturated/α-hetero) is 1. The van der Waals surface area contributed by atoms with E-state index in [0.717, 1.165) is 40.7 Å². The fourth-order valence-electron chi connectivity index (χ4n) is 2.96. The number of ketones is 1. The van der Waals surface area contributed by atoms with E-state index < -0.39 is 5.82 Å². The van der Waals surface area contributed by atoms with Crippen LogP contribution in [0.4, 0.5) is 10.1 Å². The SMILES string of the molecule is COc1ccc(C(=O)CN(C2=NCCCS2)c2cc(C)ccc2C)c(F)c1. The third kappa shape index (κ3) is 4.50. The quantitative estimate of drug-likeness (QED) is 0.703. The number of hydrogen-bond donors (Lipinski definition) is 0. The van der Waals surface area contributed by atoms with E-state index in [0.29, 0.717) is 5.75 Å². The summed E-state index contributed by atoms with van der Waals surface area (Å²) in [6.07, 6.45) is 1.02. The summed E-state index contributed by atoms with van der Waals surface area (Å²) in [5, 5.41) is 0.817. The van der Waals surface area contributed by atoms with Crippen LogP contribution in [0, 0.1) is 19.7 Å². The molecule has 6 heteroatoms. The average molecular weight is 386 g/mol. The number of halogens is 1. The molecule has 4 nitrogen and oxygen atoms in total. The van der Waals surface area contributed by atoms with Crippen molar-refractivity contribution < 1.29 is 13.9 Å². The average Bonchev–Trinajstić information content (AvgIpc) is 2.68. The molecule has 0 atom stereocenters. The standard InChI is InChI=1S/C21H23FN2O2S/c1-14-5-6-15(2)19(11-14)24(21-23-9-4-10-27-21)13-20(25)17-8-7-16(26-3)12-18(17)22/h5-8,11-12H,4,9-10,13H2,1-3H3. The minimum absolute atomic E-state index is 0.0410. The van der Waals surface area contributed by atoms with Gasteiger partial charge in [0, 0.05) is 24.1 Å². The van der Waals surface area contributed by atoms with Gasteiger partial charge >= 0.3 is 0 Å². The van der Waals surface area contributed by atoms with Crippen LogP contribution in [0.15, 0.2) is 41.4 Å². The number of ether oxygens (including phenoxy) is 1. The van der Waals surface area contributed by atoms with Crippen LogP contribution < -0.4 is 9.64 Å². The van der Waals surface area contributed by atoms with Gasteiger partial charge in [-0.25, -0.2) is 4.39 Å². The second-order valence-electron chi connectivity index (χ2n) is 6.51. The topological polar surface area (TPSA) is 41.9 Å². The van der Waals surface area contributed by atoms with Crippen molar-refractivity contribution in [3.63, 3.8) is 0 Å². The lowest BCUT2D eigenvalue weighted by atomic mass is 10.1. The summed E-state index contributed by atoms with van der Waals surface area (Å²) < 4.78 is 19.4. The van der Waals surface area contributed by atoms with Crippen LogP contribution in [-0.4, -0.2) is 36.9 Å². The Morgan fingerprint density at radius 3 is 2.74 bits per heavy atom. The van der Waals surface area contributed by atoms with Crippen molar-refractivity contribution in [2.75, 3.05) is 30.9 Å². The zero-order valence-electron chi connectivity index (χ0n) is 15.8. The molecule has 2 aromatic carbocycles. The van der Waals surface area contributed by atoms with E-state index in [1.807, 2.05) is 36.9 Å². The second kappa shape index (κ2) is 8.57. The molecular formula is C21H23FN2O2S. The first-order chi connectivity index (χ1) is 13.0. The molecule has 142 valence electrons. The first-order valence-corrected chi connectivity index (χ1v) is 9.87. The first kappa shape index (κ1) is 19.4. The molecular weight excluding hydrogens is 363 g/mol. The van der Waals surface area contributed by atoms with Crippen LogP contribution in [-0.2, 0) is 0 Å². The number of rotatable bonds is 5. The molecule has 0 aliphatic carbocycles. The summed E-state index contributed by atoms with van der Waals surface area (Å²) in [4.78, 5) is 19.4. The molecule has 0 saturated carbocycles. The highest BCUT2D eigenvalue weighted by Gasteiger charge is 2.23. The second-order valence-corrected chi connectivity index (χ2v) is 7.57. The van der Waals surface area contributed by atoms with Crippen molar-refractivity contribution in [1.29, 1.82) is 0 Å². The Morgan fingerprint density at radius 2 is 2.07 bits per heavy atom. The molecule has 0 saturated heterocycles. The Hall–Kier alpha value is -2.34. The lowest BCUT2D eigenvalue weighted by molar-refractivity contribution is 0.0998. The molecule has 0 aromatic heterocycles. The number of methoxy groups -OCH3 is 1. The van der Waals surface area contributed by atoms with Gasteiger partial charge in [-0.05, 0) is 49.6 Å².